The van der Waals surface area contributed by atoms with E-state index in [2.05, 4.69) is 0 Å². The van der Waals surface area contributed by atoms with Gasteiger partial charge in [0.05, 0.1) is 0 Å². The first-order valence-electron chi connectivity index (χ1n) is 8.20. The fourth-order valence-electron chi connectivity index (χ4n) is 3.06. The van der Waals surface area contributed by atoms with Crippen molar-refractivity contribution in [1.82, 2.24) is 0 Å². The van der Waals surface area contributed by atoms with Crippen molar-refractivity contribution in [3.05, 3.63) is 87.3 Å². The van der Waals surface area contributed by atoms with Crippen molar-refractivity contribution in [1.29, 1.82) is 0 Å². The van der Waals surface area contributed by atoms with Crippen LogP contribution in [0.4, 0.5) is 65.9 Å². The second-order valence-electron chi connectivity index (χ2n) is 6.38. The first-order chi connectivity index (χ1) is 15.7. The summed E-state index contributed by atoms with van der Waals surface area (Å²) in [6.07, 6.45) is 0. The van der Waals surface area contributed by atoms with Crippen LogP contribution in [0.15, 0.2) is 0 Å². The molecule has 0 saturated carbocycles. The van der Waals surface area contributed by atoms with Gasteiger partial charge in [-0.3, -0.25) is 0 Å². The van der Waals surface area contributed by atoms with Gasteiger partial charge in [0.1, 0.15) is 0 Å². The molecular formula is C18H2AlF15O. The Bertz CT molecular complexity index is 1120. The maximum Gasteiger partial charge on any atom is 0.413 e. The molecule has 0 heterocycles. The average molecular weight is 546 g/mol. The van der Waals surface area contributed by atoms with E-state index >= 15 is 0 Å². The molecule has 0 aliphatic rings. The monoisotopic (exact) mass is 546 g/mol. The third-order valence-electron chi connectivity index (χ3n) is 4.60. The van der Waals surface area contributed by atoms with Crippen molar-refractivity contribution in [3.8, 4) is 0 Å². The molecule has 0 unspecified atom stereocenters. The first kappa shape index (κ1) is 28.3. The molecule has 17 heteroatoms. The summed E-state index contributed by atoms with van der Waals surface area (Å²) in [5.74, 6) is -44.6. The quantitative estimate of drug-likeness (QED) is 0.209. The van der Waals surface area contributed by atoms with Crippen molar-refractivity contribution in [2.45, 2.75) is 0 Å². The van der Waals surface area contributed by atoms with Gasteiger partial charge in [0.15, 0.2) is 87.3 Å². The Labute approximate surface area is 186 Å². The number of hydrogen-bond acceptors (Lipinski definition) is 0. The van der Waals surface area contributed by atoms with E-state index in [1.807, 2.05) is 0 Å². The van der Waals surface area contributed by atoms with Gasteiger partial charge in [0.25, 0.3) is 0 Å². The Morgan fingerprint density at radius 1 is 0.229 bits per heavy atom. The summed E-state index contributed by atoms with van der Waals surface area (Å²) >= 11 is -5.96. The SMILES string of the molecule is Fc1c(F)c(F)[c]([Al]([c]2c(F)c(F)c(F)c(F)c2F)[c]2c(F)c(F)c(F)c(F)c2F)c(F)c1F.O. The minimum Gasteiger partial charge on any atom is -0.412 e. The topological polar surface area (TPSA) is 31.5 Å². The van der Waals surface area contributed by atoms with Gasteiger partial charge in [0.2, 0.25) is 0 Å². The first-order valence-corrected chi connectivity index (χ1v) is 9.93. The van der Waals surface area contributed by atoms with Crippen molar-refractivity contribution in [2.24, 2.45) is 0 Å². The lowest BCUT2D eigenvalue weighted by Gasteiger charge is -2.20. The van der Waals surface area contributed by atoms with Crippen LogP contribution in [-0.2, 0) is 0 Å². The van der Waals surface area contributed by atoms with Gasteiger partial charge in [-0.05, 0) is 13.3 Å². The van der Waals surface area contributed by atoms with Crippen LogP contribution in [0.25, 0.3) is 0 Å². The smallest absolute Gasteiger partial charge is 0.412 e. The molecule has 1 nitrogen and oxygen atoms in total. The zero-order valence-corrected chi connectivity index (χ0v) is 16.9. The van der Waals surface area contributed by atoms with Gasteiger partial charge < -0.3 is 5.48 Å². The molecule has 3 aromatic rings. The molecule has 3 rings (SSSR count). The van der Waals surface area contributed by atoms with Crippen LogP contribution in [0.5, 0.6) is 0 Å². The number of benzene rings is 3. The highest BCUT2D eigenvalue weighted by molar-refractivity contribution is 6.95. The number of halogens is 15. The third-order valence-corrected chi connectivity index (χ3v) is 7.85. The van der Waals surface area contributed by atoms with Crippen LogP contribution in [0.3, 0.4) is 0 Å². The van der Waals surface area contributed by atoms with Gasteiger partial charge in [-0.15, -0.1) is 0 Å². The fraction of sp³-hybridized carbons (Fsp3) is 0. The summed E-state index contributed by atoms with van der Waals surface area (Å²) in [7, 11) is 0. The summed E-state index contributed by atoms with van der Waals surface area (Å²) in [5.41, 5.74) is 0. The summed E-state index contributed by atoms with van der Waals surface area (Å²) in [4.78, 5) is 0. The van der Waals surface area contributed by atoms with Crippen molar-refractivity contribution in [3.63, 3.8) is 0 Å². The number of hydrogen-bond donors (Lipinski definition) is 0. The van der Waals surface area contributed by atoms with E-state index in [1.165, 1.54) is 0 Å². The van der Waals surface area contributed by atoms with Crippen LogP contribution in [0, 0.1) is 87.3 Å². The summed E-state index contributed by atoms with van der Waals surface area (Å²) < 4.78 is 201. The second kappa shape index (κ2) is 9.63. The maximum atomic E-state index is 14.4. The highest BCUT2D eigenvalue weighted by Gasteiger charge is 2.47. The molecule has 0 aliphatic carbocycles. The third kappa shape index (κ3) is 4.00. The molecule has 188 valence electrons. The highest BCUT2D eigenvalue weighted by atomic mass is 27.2. The van der Waals surface area contributed by atoms with Crippen LogP contribution < -0.4 is 13.3 Å². The Balaban J connectivity index is 0.00000432. The lowest BCUT2D eigenvalue weighted by atomic mass is 10.3. The van der Waals surface area contributed by atoms with Crippen LogP contribution in [0.1, 0.15) is 0 Å². The zero-order valence-electron chi connectivity index (χ0n) is 15.7. The van der Waals surface area contributed by atoms with E-state index < -0.39 is 115 Å². The standard InChI is InChI=1S/3C6F5.Al.H2O/c3*7-2-1-3(8)5(10)6(11)4(2)9;;/h;;;;1H2. The van der Waals surface area contributed by atoms with Crippen LogP contribution >= 0.6 is 0 Å². The van der Waals surface area contributed by atoms with Crippen molar-refractivity contribution >= 4 is 27.4 Å². The van der Waals surface area contributed by atoms with E-state index in [4.69, 9.17) is 0 Å². The lowest BCUT2D eigenvalue weighted by molar-refractivity contribution is 0.380. The molecule has 0 bridgehead atoms. The van der Waals surface area contributed by atoms with Gasteiger partial charge in [-0.25, -0.2) is 65.9 Å². The zero-order chi connectivity index (χ0) is 26.0. The van der Waals surface area contributed by atoms with Crippen LogP contribution in [-0.4, -0.2) is 19.6 Å². The van der Waals surface area contributed by atoms with Gasteiger partial charge >= 0.3 is 14.1 Å². The van der Waals surface area contributed by atoms with Crippen molar-refractivity contribution < 1.29 is 71.3 Å². The average Bonchev–Trinajstić information content (AvgIpc) is 2.81. The normalized spacial score (nSPS) is 11.1. The van der Waals surface area contributed by atoms with E-state index in [1.54, 1.807) is 0 Å². The molecular weight excluding hydrogens is 544 g/mol. The summed E-state index contributed by atoms with van der Waals surface area (Å²) in [6, 6.07) is 0. The molecule has 0 atom stereocenters. The predicted molar refractivity (Wildman–Crippen MR) is 87.0 cm³/mol. The lowest BCUT2D eigenvalue weighted by Crippen LogP contribution is -2.60. The van der Waals surface area contributed by atoms with Gasteiger partial charge in [-0.1, -0.05) is 0 Å². The van der Waals surface area contributed by atoms with E-state index in [0.29, 0.717) is 0 Å². The Morgan fingerprint density at radius 2 is 0.343 bits per heavy atom. The Hall–Kier alpha value is -2.90. The minimum atomic E-state index is -5.96. The van der Waals surface area contributed by atoms with E-state index in [0.717, 1.165) is 0 Å². The van der Waals surface area contributed by atoms with Crippen molar-refractivity contribution in [2.75, 3.05) is 0 Å². The highest BCUT2D eigenvalue weighted by Crippen LogP contribution is 2.23. The molecule has 0 aromatic heterocycles. The summed E-state index contributed by atoms with van der Waals surface area (Å²) in [6.45, 7) is 0. The molecule has 0 aliphatic heterocycles. The molecule has 3 aromatic carbocycles. The molecule has 0 fully saturated rings. The molecule has 0 radical (unpaired) electrons. The predicted octanol–water partition coefficient (Wildman–Crippen LogP) is 3.46. The Kier molecular flexibility index (Phi) is 7.80. The fourth-order valence-corrected chi connectivity index (χ4v) is 6.21. The molecule has 0 amide bonds. The van der Waals surface area contributed by atoms with Gasteiger partial charge in [-0.2, -0.15) is 0 Å². The minimum absolute atomic E-state index is 0. The maximum absolute atomic E-state index is 14.4. The Morgan fingerprint density at radius 3 is 0.486 bits per heavy atom. The molecule has 0 saturated heterocycles. The molecule has 0 spiro atoms. The molecule has 2 N–H and O–H groups in total. The number of rotatable bonds is 3. The second-order valence-corrected chi connectivity index (χ2v) is 8.98. The largest absolute Gasteiger partial charge is 0.413 e. The summed E-state index contributed by atoms with van der Waals surface area (Å²) in [5, 5.41) is 0. The van der Waals surface area contributed by atoms with Gasteiger partial charge in [0, 0.05) is 0 Å². The van der Waals surface area contributed by atoms with E-state index in [9.17, 15) is 65.9 Å². The van der Waals surface area contributed by atoms with E-state index in [-0.39, 0.29) is 5.48 Å². The van der Waals surface area contributed by atoms with Crippen LogP contribution in [0.2, 0.25) is 0 Å². The molecule has 35 heavy (non-hydrogen) atoms.